The maximum absolute atomic E-state index is 13.2. The molecule has 0 aliphatic carbocycles. The van der Waals surface area contributed by atoms with Gasteiger partial charge in [-0.25, -0.2) is 0 Å². The van der Waals surface area contributed by atoms with Crippen LogP contribution in [0.1, 0.15) is 24.1 Å². The number of nitrogens with one attached hydrogen (secondary N) is 1. The van der Waals surface area contributed by atoms with Crippen molar-refractivity contribution < 1.29 is 19.5 Å². The molecule has 0 spiro atoms. The molecule has 1 atom stereocenters. The molecule has 1 saturated heterocycles. The largest absolute Gasteiger partial charge is 0.507 e. The summed E-state index contributed by atoms with van der Waals surface area (Å²) in [5.74, 6) is -1.92. The van der Waals surface area contributed by atoms with Crippen LogP contribution in [0.4, 0.5) is 17.1 Å². The van der Waals surface area contributed by atoms with Gasteiger partial charge in [-0.2, -0.15) is 0 Å². The summed E-state index contributed by atoms with van der Waals surface area (Å²) in [5, 5.41) is 13.8. The monoisotopic (exact) mass is 455 g/mol. The summed E-state index contributed by atoms with van der Waals surface area (Å²) in [6, 6.07) is 22.1. The maximum Gasteiger partial charge on any atom is 0.300 e. The molecular formula is C27H25N3O4. The first-order valence-electron chi connectivity index (χ1n) is 10.8. The number of benzene rings is 3. The van der Waals surface area contributed by atoms with Crippen LogP contribution in [0, 0.1) is 0 Å². The van der Waals surface area contributed by atoms with Gasteiger partial charge in [-0.05, 0) is 42.0 Å². The van der Waals surface area contributed by atoms with E-state index in [2.05, 4.69) is 5.32 Å². The van der Waals surface area contributed by atoms with Crippen molar-refractivity contribution in [2.24, 2.45) is 0 Å². The fourth-order valence-electron chi connectivity index (χ4n) is 4.03. The second-order valence-corrected chi connectivity index (χ2v) is 8.25. The third-order valence-corrected chi connectivity index (χ3v) is 5.68. The van der Waals surface area contributed by atoms with Gasteiger partial charge in [-0.3, -0.25) is 19.3 Å². The highest BCUT2D eigenvalue weighted by Gasteiger charge is 2.46. The topological polar surface area (TPSA) is 90.0 Å². The standard InChI is InChI=1S/C27H25N3O4/c1-17(31)28-20-11-15-22(16-12-20)30-24(18-9-13-21(14-10-18)29(2)3)23(26(33)27(30)34)25(32)19-7-5-4-6-8-19/h4-16,24,32H,1-3H3,(H,28,31)/b25-23-. The molecule has 0 saturated carbocycles. The quantitative estimate of drug-likeness (QED) is 0.339. The number of hydrogen-bond donors (Lipinski definition) is 2. The zero-order chi connectivity index (χ0) is 24.4. The summed E-state index contributed by atoms with van der Waals surface area (Å²) in [5.41, 5.74) is 3.18. The van der Waals surface area contributed by atoms with Crippen molar-refractivity contribution in [2.45, 2.75) is 13.0 Å². The zero-order valence-electron chi connectivity index (χ0n) is 19.1. The van der Waals surface area contributed by atoms with E-state index in [0.29, 0.717) is 22.5 Å². The summed E-state index contributed by atoms with van der Waals surface area (Å²) in [4.78, 5) is 41.1. The Morgan fingerprint density at radius 2 is 1.53 bits per heavy atom. The number of hydrogen-bond acceptors (Lipinski definition) is 5. The Morgan fingerprint density at radius 3 is 2.09 bits per heavy atom. The Hall–Kier alpha value is -4.39. The first-order chi connectivity index (χ1) is 16.3. The van der Waals surface area contributed by atoms with Gasteiger partial charge in [-0.15, -0.1) is 0 Å². The molecule has 1 aliphatic rings. The minimum absolute atomic E-state index is 0.0275. The molecule has 7 nitrogen and oxygen atoms in total. The summed E-state index contributed by atoms with van der Waals surface area (Å²) in [6.45, 7) is 1.41. The van der Waals surface area contributed by atoms with E-state index in [0.717, 1.165) is 5.69 Å². The number of ketones is 1. The van der Waals surface area contributed by atoms with E-state index >= 15 is 0 Å². The number of nitrogens with zero attached hydrogens (tertiary/aromatic N) is 2. The summed E-state index contributed by atoms with van der Waals surface area (Å²) < 4.78 is 0. The lowest BCUT2D eigenvalue weighted by Gasteiger charge is -2.26. The number of carbonyl (C=O) groups is 3. The van der Waals surface area contributed by atoms with Crippen molar-refractivity contribution in [2.75, 3.05) is 29.2 Å². The van der Waals surface area contributed by atoms with Gasteiger partial charge >= 0.3 is 0 Å². The summed E-state index contributed by atoms with van der Waals surface area (Å²) in [7, 11) is 3.85. The molecule has 0 aromatic heterocycles. The third kappa shape index (κ3) is 4.28. The number of Topliss-reactive ketones (excluding diaryl/α,β-unsaturated/α-hetero) is 1. The Balaban J connectivity index is 1.86. The molecule has 1 aliphatic heterocycles. The molecule has 3 aromatic carbocycles. The Labute approximate surface area is 197 Å². The van der Waals surface area contributed by atoms with Gasteiger partial charge in [0.15, 0.2) is 0 Å². The van der Waals surface area contributed by atoms with Crippen LogP contribution >= 0.6 is 0 Å². The fraction of sp³-hybridized carbons (Fsp3) is 0.148. The van der Waals surface area contributed by atoms with Crippen molar-refractivity contribution in [1.82, 2.24) is 0 Å². The minimum atomic E-state index is -0.817. The van der Waals surface area contributed by atoms with Crippen molar-refractivity contribution in [3.05, 3.63) is 95.6 Å². The van der Waals surface area contributed by atoms with Gasteiger partial charge < -0.3 is 15.3 Å². The number of aliphatic hydroxyl groups is 1. The average Bonchev–Trinajstić information content (AvgIpc) is 3.10. The third-order valence-electron chi connectivity index (χ3n) is 5.68. The van der Waals surface area contributed by atoms with E-state index < -0.39 is 17.7 Å². The predicted molar refractivity (Wildman–Crippen MR) is 133 cm³/mol. The molecule has 2 N–H and O–H groups in total. The molecule has 172 valence electrons. The van der Waals surface area contributed by atoms with Crippen LogP contribution in [-0.4, -0.2) is 36.8 Å². The van der Waals surface area contributed by atoms with E-state index in [1.165, 1.54) is 11.8 Å². The van der Waals surface area contributed by atoms with Crippen molar-refractivity contribution in [1.29, 1.82) is 0 Å². The van der Waals surface area contributed by atoms with Crippen LogP contribution in [0.3, 0.4) is 0 Å². The summed E-state index contributed by atoms with van der Waals surface area (Å²) >= 11 is 0. The minimum Gasteiger partial charge on any atom is -0.507 e. The van der Waals surface area contributed by atoms with Crippen LogP contribution in [0.25, 0.3) is 5.76 Å². The Morgan fingerprint density at radius 1 is 0.912 bits per heavy atom. The molecule has 0 radical (unpaired) electrons. The lowest BCUT2D eigenvalue weighted by Crippen LogP contribution is -2.29. The van der Waals surface area contributed by atoms with E-state index in [-0.39, 0.29) is 17.2 Å². The SMILES string of the molecule is CC(=O)Nc1ccc(N2C(=O)C(=O)/C(=C(\O)c3ccccc3)C2c2ccc(N(C)C)cc2)cc1. The van der Waals surface area contributed by atoms with Crippen molar-refractivity contribution >= 4 is 40.4 Å². The highest BCUT2D eigenvalue weighted by Crippen LogP contribution is 2.42. The Kier molecular flexibility index (Phi) is 6.19. The van der Waals surface area contributed by atoms with Crippen molar-refractivity contribution in [3.63, 3.8) is 0 Å². The average molecular weight is 456 g/mol. The van der Waals surface area contributed by atoms with Crippen LogP contribution < -0.4 is 15.1 Å². The second-order valence-electron chi connectivity index (χ2n) is 8.25. The number of carbonyl (C=O) groups excluding carboxylic acids is 3. The van der Waals surface area contributed by atoms with E-state index in [1.54, 1.807) is 48.5 Å². The molecular weight excluding hydrogens is 430 g/mol. The predicted octanol–water partition coefficient (Wildman–Crippen LogP) is 4.34. The number of amides is 2. The fourth-order valence-corrected chi connectivity index (χ4v) is 4.03. The van der Waals surface area contributed by atoms with Crippen LogP contribution in [0.15, 0.2) is 84.4 Å². The smallest absolute Gasteiger partial charge is 0.300 e. The Bertz CT molecular complexity index is 1260. The molecule has 4 rings (SSSR count). The van der Waals surface area contributed by atoms with Gasteiger partial charge in [0.1, 0.15) is 5.76 Å². The normalized spacial score (nSPS) is 17.0. The van der Waals surface area contributed by atoms with Gasteiger partial charge in [0.2, 0.25) is 5.91 Å². The first kappa shape index (κ1) is 22.8. The molecule has 1 heterocycles. The number of rotatable bonds is 5. The number of aliphatic hydroxyl groups excluding tert-OH is 1. The molecule has 7 heteroatoms. The lowest BCUT2D eigenvalue weighted by atomic mass is 9.95. The highest BCUT2D eigenvalue weighted by molar-refractivity contribution is 6.51. The summed E-state index contributed by atoms with van der Waals surface area (Å²) in [6.07, 6.45) is 0. The van der Waals surface area contributed by atoms with E-state index in [9.17, 15) is 19.5 Å². The highest BCUT2D eigenvalue weighted by atomic mass is 16.3. The van der Waals surface area contributed by atoms with Gasteiger partial charge in [-0.1, -0.05) is 42.5 Å². The lowest BCUT2D eigenvalue weighted by molar-refractivity contribution is -0.132. The first-order valence-corrected chi connectivity index (χ1v) is 10.8. The maximum atomic E-state index is 13.2. The molecule has 1 fully saturated rings. The molecule has 0 bridgehead atoms. The molecule has 1 unspecified atom stereocenters. The van der Waals surface area contributed by atoms with Gasteiger partial charge in [0, 0.05) is 43.6 Å². The molecule has 3 aromatic rings. The van der Waals surface area contributed by atoms with Crippen LogP contribution in [0.2, 0.25) is 0 Å². The molecule has 34 heavy (non-hydrogen) atoms. The van der Waals surface area contributed by atoms with Crippen molar-refractivity contribution in [3.8, 4) is 0 Å². The van der Waals surface area contributed by atoms with Crippen LogP contribution in [-0.2, 0) is 14.4 Å². The second kappa shape index (κ2) is 9.23. The van der Waals surface area contributed by atoms with E-state index in [4.69, 9.17) is 0 Å². The van der Waals surface area contributed by atoms with Gasteiger partial charge in [0.25, 0.3) is 11.7 Å². The molecule has 2 amide bonds. The van der Waals surface area contributed by atoms with Crippen LogP contribution in [0.5, 0.6) is 0 Å². The van der Waals surface area contributed by atoms with E-state index in [1.807, 2.05) is 49.3 Å². The number of anilines is 3. The zero-order valence-corrected chi connectivity index (χ0v) is 19.1. The van der Waals surface area contributed by atoms with Gasteiger partial charge in [0.05, 0.1) is 11.6 Å².